The second kappa shape index (κ2) is 2.49. The standard InChI is InChI=1S/C2H5NO3S/c7-3-1-2-4-6-5-3/h7H,1-2H2. The summed E-state index contributed by atoms with van der Waals surface area (Å²) in [6.07, 6.45) is 0. The molecule has 0 N–H and O–H groups in total. The highest BCUT2D eigenvalue weighted by Crippen LogP contribution is 2.00. The number of hydrogen-bond donors (Lipinski definition) is 1. The van der Waals surface area contributed by atoms with Crippen molar-refractivity contribution >= 4 is 12.8 Å². The first-order valence-corrected chi connectivity index (χ1v) is 2.22. The molecule has 0 amide bonds. The van der Waals surface area contributed by atoms with Gasteiger partial charge in [-0.3, -0.25) is 0 Å². The topological polar surface area (TPSA) is 30.9 Å². The van der Waals surface area contributed by atoms with E-state index in [1.54, 1.807) is 0 Å². The molecule has 1 aliphatic rings. The lowest BCUT2D eigenvalue weighted by Crippen LogP contribution is -2.25. The summed E-state index contributed by atoms with van der Waals surface area (Å²) in [6.45, 7) is 1.10. The van der Waals surface area contributed by atoms with E-state index in [-0.39, 0.29) is 0 Å². The quantitative estimate of drug-likeness (QED) is 0.361. The molecule has 0 aromatic carbocycles. The highest BCUT2D eigenvalue weighted by atomic mass is 32.1. The van der Waals surface area contributed by atoms with Crippen LogP contribution in [0.5, 0.6) is 0 Å². The van der Waals surface area contributed by atoms with Gasteiger partial charge in [0.2, 0.25) is 0 Å². The Hall–Kier alpha value is 0.190. The molecule has 0 saturated carbocycles. The molecular formula is C2H5NO3S. The van der Waals surface area contributed by atoms with Crippen molar-refractivity contribution in [1.29, 1.82) is 0 Å². The third-order valence-electron chi connectivity index (χ3n) is 0.530. The predicted octanol–water partition coefficient (Wildman–Crippen LogP) is -0.0584. The van der Waals surface area contributed by atoms with Crippen molar-refractivity contribution < 1.29 is 14.9 Å². The Morgan fingerprint density at radius 3 is 2.71 bits per heavy atom. The van der Waals surface area contributed by atoms with Crippen LogP contribution in [0, 0.1) is 0 Å². The maximum absolute atomic E-state index is 4.33. The third kappa shape index (κ3) is 1.62. The summed E-state index contributed by atoms with van der Waals surface area (Å²) in [7, 11) is 0. The van der Waals surface area contributed by atoms with Crippen LogP contribution in [0.4, 0.5) is 0 Å². The molecule has 0 aromatic heterocycles. The molecule has 0 radical (unpaired) electrons. The molecule has 1 heterocycles. The molecule has 1 aliphatic heterocycles. The zero-order valence-electron chi connectivity index (χ0n) is 3.53. The van der Waals surface area contributed by atoms with Gasteiger partial charge in [0.25, 0.3) is 0 Å². The van der Waals surface area contributed by atoms with Gasteiger partial charge in [0.05, 0.1) is 6.54 Å². The van der Waals surface area contributed by atoms with Gasteiger partial charge in [-0.25, -0.2) is 4.89 Å². The first kappa shape index (κ1) is 5.33. The van der Waals surface area contributed by atoms with E-state index < -0.39 is 0 Å². The van der Waals surface area contributed by atoms with Crippen molar-refractivity contribution in [2.24, 2.45) is 0 Å². The molecule has 42 valence electrons. The van der Waals surface area contributed by atoms with Crippen LogP contribution in [0.3, 0.4) is 0 Å². The van der Waals surface area contributed by atoms with E-state index in [0.29, 0.717) is 13.2 Å². The van der Waals surface area contributed by atoms with E-state index in [4.69, 9.17) is 0 Å². The van der Waals surface area contributed by atoms with Crippen LogP contribution in [0.15, 0.2) is 0 Å². The van der Waals surface area contributed by atoms with Gasteiger partial charge in [-0.2, -0.15) is 0 Å². The fourth-order valence-corrected chi connectivity index (χ4v) is 0.352. The van der Waals surface area contributed by atoms with Crippen LogP contribution in [0.1, 0.15) is 0 Å². The molecule has 7 heavy (non-hydrogen) atoms. The van der Waals surface area contributed by atoms with E-state index in [1.807, 2.05) is 0 Å². The summed E-state index contributed by atoms with van der Waals surface area (Å²) in [5.74, 6) is 0. The van der Waals surface area contributed by atoms with Gasteiger partial charge in [0, 0.05) is 0 Å². The van der Waals surface area contributed by atoms with Gasteiger partial charge in [-0.15, -0.1) is 0 Å². The van der Waals surface area contributed by atoms with Crippen LogP contribution < -0.4 is 0 Å². The van der Waals surface area contributed by atoms with E-state index in [2.05, 4.69) is 27.7 Å². The van der Waals surface area contributed by atoms with Crippen molar-refractivity contribution in [2.45, 2.75) is 0 Å². The summed E-state index contributed by atoms with van der Waals surface area (Å²) >= 11 is 3.77. The van der Waals surface area contributed by atoms with Crippen LogP contribution in [0.25, 0.3) is 0 Å². The monoisotopic (exact) mass is 123 g/mol. The average molecular weight is 123 g/mol. The summed E-state index contributed by atoms with van der Waals surface area (Å²) in [5.41, 5.74) is 0. The molecule has 0 spiro atoms. The molecule has 0 atom stereocenters. The Morgan fingerprint density at radius 1 is 1.57 bits per heavy atom. The van der Waals surface area contributed by atoms with Crippen molar-refractivity contribution in [3.8, 4) is 0 Å². The number of thiol groups is 1. The summed E-state index contributed by atoms with van der Waals surface area (Å²) < 4.78 is 1.24. The number of rotatable bonds is 0. The molecular weight excluding hydrogens is 118 g/mol. The molecule has 0 unspecified atom stereocenters. The summed E-state index contributed by atoms with van der Waals surface area (Å²) in [5, 5.41) is 4.03. The summed E-state index contributed by atoms with van der Waals surface area (Å²) in [6, 6.07) is 0. The van der Waals surface area contributed by atoms with E-state index in [0.717, 1.165) is 0 Å². The van der Waals surface area contributed by atoms with Gasteiger partial charge >= 0.3 is 0 Å². The largest absolute Gasteiger partial charge is 0.203 e. The minimum Gasteiger partial charge on any atom is -0.203 e. The fraction of sp³-hybridized carbons (Fsp3) is 1.00. The van der Waals surface area contributed by atoms with E-state index in [1.165, 1.54) is 4.47 Å². The first-order chi connectivity index (χ1) is 3.39. The zero-order chi connectivity index (χ0) is 5.11. The number of nitrogens with zero attached hydrogens (tertiary/aromatic N) is 1. The Balaban J connectivity index is 2.12. The lowest BCUT2D eigenvalue weighted by molar-refractivity contribution is -0.586. The summed E-state index contributed by atoms with van der Waals surface area (Å²) in [4.78, 5) is 8.58. The fourth-order valence-electron chi connectivity index (χ4n) is 0.243. The van der Waals surface area contributed by atoms with Gasteiger partial charge in [0.15, 0.2) is 0 Å². The van der Waals surface area contributed by atoms with Gasteiger partial charge in [0.1, 0.15) is 6.61 Å². The second-order valence-corrected chi connectivity index (χ2v) is 1.49. The molecule has 0 aliphatic carbocycles. The highest BCUT2D eigenvalue weighted by molar-refractivity contribution is 7.77. The average Bonchev–Trinajstić information content (AvgIpc) is 1.69. The lowest BCUT2D eigenvalue weighted by Gasteiger charge is -2.15. The zero-order valence-corrected chi connectivity index (χ0v) is 4.43. The van der Waals surface area contributed by atoms with Crippen molar-refractivity contribution in [2.75, 3.05) is 13.2 Å². The molecule has 0 bridgehead atoms. The van der Waals surface area contributed by atoms with Crippen molar-refractivity contribution in [3.63, 3.8) is 0 Å². The van der Waals surface area contributed by atoms with Crippen LogP contribution in [0.2, 0.25) is 0 Å². The number of hydroxylamine groups is 1. The number of hydrogen-bond acceptors (Lipinski definition) is 5. The van der Waals surface area contributed by atoms with Crippen LogP contribution in [-0.4, -0.2) is 17.6 Å². The smallest absolute Gasteiger partial charge is 0.102 e. The van der Waals surface area contributed by atoms with Gasteiger partial charge in [-0.1, -0.05) is 22.3 Å². The van der Waals surface area contributed by atoms with E-state index >= 15 is 0 Å². The van der Waals surface area contributed by atoms with Crippen molar-refractivity contribution in [3.05, 3.63) is 0 Å². The first-order valence-electron chi connectivity index (χ1n) is 1.82. The Labute approximate surface area is 46.3 Å². The highest BCUT2D eigenvalue weighted by Gasteiger charge is 2.06. The van der Waals surface area contributed by atoms with Crippen LogP contribution >= 0.6 is 12.8 Å². The Kier molecular flexibility index (Phi) is 1.89. The molecule has 1 fully saturated rings. The predicted molar refractivity (Wildman–Crippen MR) is 23.8 cm³/mol. The van der Waals surface area contributed by atoms with Gasteiger partial charge in [-0.05, 0) is 5.04 Å². The molecule has 1 saturated heterocycles. The maximum atomic E-state index is 4.33. The lowest BCUT2D eigenvalue weighted by atomic mass is 10.7. The van der Waals surface area contributed by atoms with Gasteiger partial charge < -0.3 is 0 Å². The molecule has 0 aromatic rings. The molecule has 5 heteroatoms. The van der Waals surface area contributed by atoms with E-state index in [9.17, 15) is 0 Å². The SMILES string of the molecule is SN1CCOOO1. The normalized spacial score (nSPS) is 25.3. The van der Waals surface area contributed by atoms with Crippen LogP contribution in [-0.2, 0) is 14.9 Å². The molecule has 1 rings (SSSR count). The van der Waals surface area contributed by atoms with Crippen molar-refractivity contribution in [1.82, 2.24) is 4.47 Å². The third-order valence-corrected chi connectivity index (χ3v) is 0.797. The molecule has 4 nitrogen and oxygen atoms in total. The maximum Gasteiger partial charge on any atom is 0.102 e. The second-order valence-electron chi connectivity index (χ2n) is 1.04. The Morgan fingerprint density at radius 2 is 2.43 bits per heavy atom. The minimum absolute atomic E-state index is 0.490. The Bertz CT molecular complexity index is 54.9. The minimum atomic E-state index is 0.490.